The fourth-order valence-electron chi connectivity index (χ4n) is 2.21. The van der Waals surface area contributed by atoms with Gasteiger partial charge < -0.3 is 9.47 Å². The first-order valence-corrected chi connectivity index (χ1v) is 7.03. The summed E-state index contributed by atoms with van der Waals surface area (Å²) < 4.78 is 10.5. The molecule has 0 amide bonds. The van der Waals surface area contributed by atoms with Crippen LogP contribution in [0.5, 0.6) is 11.5 Å². The topological polar surface area (TPSA) is 68.6 Å². The van der Waals surface area contributed by atoms with E-state index in [1.54, 1.807) is 26.6 Å². The van der Waals surface area contributed by atoms with E-state index in [2.05, 4.69) is 20.7 Å². The van der Waals surface area contributed by atoms with Gasteiger partial charge in [-0.05, 0) is 18.2 Å². The van der Waals surface area contributed by atoms with Gasteiger partial charge in [0.1, 0.15) is 11.5 Å². The van der Waals surface area contributed by atoms with Gasteiger partial charge in [-0.1, -0.05) is 24.3 Å². The second kappa shape index (κ2) is 6.74. The standard InChI is InChI=1S/C17H16N4O2/c1-22-14-7-8-16(23-2)13(9-14)11-19-21-17-15-6-4-3-5-12(15)10-18-20-17/h3-11H,1-2H3,(H,20,21). The second-order valence-electron chi connectivity index (χ2n) is 4.76. The molecular formula is C17H16N4O2. The summed E-state index contributed by atoms with van der Waals surface area (Å²) in [6.07, 6.45) is 3.38. The Hall–Kier alpha value is -3.15. The van der Waals surface area contributed by atoms with Crippen molar-refractivity contribution in [2.45, 2.75) is 0 Å². The van der Waals surface area contributed by atoms with Crippen LogP contribution >= 0.6 is 0 Å². The first-order chi connectivity index (χ1) is 11.3. The van der Waals surface area contributed by atoms with E-state index >= 15 is 0 Å². The largest absolute Gasteiger partial charge is 0.497 e. The van der Waals surface area contributed by atoms with Crippen LogP contribution in [0.4, 0.5) is 5.82 Å². The molecule has 116 valence electrons. The zero-order chi connectivity index (χ0) is 16.1. The molecule has 0 aliphatic rings. The molecule has 6 nitrogen and oxygen atoms in total. The number of hydrogen-bond acceptors (Lipinski definition) is 6. The van der Waals surface area contributed by atoms with Crippen molar-refractivity contribution in [3.05, 3.63) is 54.2 Å². The van der Waals surface area contributed by atoms with Gasteiger partial charge in [0.15, 0.2) is 5.82 Å². The Morgan fingerprint density at radius 3 is 2.78 bits per heavy atom. The lowest BCUT2D eigenvalue weighted by Crippen LogP contribution is -1.98. The second-order valence-corrected chi connectivity index (χ2v) is 4.76. The number of anilines is 1. The molecule has 6 heteroatoms. The Morgan fingerprint density at radius 1 is 1.09 bits per heavy atom. The maximum atomic E-state index is 5.32. The number of fused-ring (bicyclic) bond motifs is 1. The highest BCUT2D eigenvalue weighted by molar-refractivity contribution is 5.91. The maximum Gasteiger partial charge on any atom is 0.176 e. The van der Waals surface area contributed by atoms with E-state index in [1.807, 2.05) is 42.5 Å². The minimum Gasteiger partial charge on any atom is -0.497 e. The number of benzene rings is 2. The highest BCUT2D eigenvalue weighted by Gasteiger charge is 2.04. The molecule has 0 aliphatic heterocycles. The van der Waals surface area contributed by atoms with Crippen LogP contribution in [0, 0.1) is 0 Å². The molecule has 23 heavy (non-hydrogen) atoms. The van der Waals surface area contributed by atoms with Crippen molar-refractivity contribution < 1.29 is 9.47 Å². The highest BCUT2D eigenvalue weighted by Crippen LogP contribution is 2.23. The van der Waals surface area contributed by atoms with Gasteiger partial charge in [-0.25, -0.2) is 0 Å². The molecule has 0 saturated carbocycles. The number of hydrazone groups is 1. The first-order valence-electron chi connectivity index (χ1n) is 7.03. The molecule has 0 bridgehead atoms. The summed E-state index contributed by atoms with van der Waals surface area (Å²) in [5, 5.41) is 14.2. The van der Waals surface area contributed by atoms with Crippen LogP contribution in [-0.4, -0.2) is 30.6 Å². The number of rotatable bonds is 5. The van der Waals surface area contributed by atoms with Gasteiger partial charge in [0.25, 0.3) is 0 Å². The number of hydrogen-bond donors (Lipinski definition) is 1. The van der Waals surface area contributed by atoms with Crippen LogP contribution < -0.4 is 14.9 Å². The average Bonchev–Trinajstić information content (AvgIpc) is 2.61. The molecule has 0 radical (unpaired) electrons. The summed E-state index contributed by atoms with van der Waals surface area (Å²) in [4.78, 5) is 0. The van der Waals surface area contributed by atoms with Crippen LogP contribution in [0.1, 0.15) is 5.56 Å². The third kappa shape index (κ3) is 3.21. The van der Waals surface area contributed by atoms with Crippen molar-refractivity contribution in [1.29, 1.82) is 0 Å². The molecule has 3 aromatic rings. The van der Waals surface area contributed by atoms with Gasteiger partial charge in [0.2, 0.25) is 0 Å². The number of methoxy groups -OCH3 is 2. The number of nitrogens with one attached hydrogen (secondary N) is 1. The van der Waals surface area contributed by atoms with Crippen LogP contribution in [-0.2, 0) is 0 Å². The van der Waals surface area contributed by atoms with Gasteiger partial charge in [0, 0.05) is 16.3 Å². The van der Waals surface area contributed by atoms with E-state index in [9.17, 15) is 0 Å². The summed E-state index contributed by atoms with van der Waals surface area (Å²) in [7, 11) is 3.23. The predicted molar refractivity (Wildman–Crippen MR) is 90.3 cm³/mol. The van der Waals surface area contributed by atoms with Crippen molar-refractivity contribution in [2.24, 2.45) is 5.10 Å². The summed E-state index contributed by atoms with van der Waals surface area (Å²) in [6, 6.07) is 13.4. The smallest absolute Gasteiger partial charge is 0.176 e. The summed E-state index contributed by atoms with van der Waals surface area (Å²) in [6.45, 7) is 0. The van der Waals surface area contributed by atoms with Crippen LogP contribution in [0.15, 0.2) is 53.8 Å². The van der Waals surface area contributed by atoms with Crippen molar-refractivity contribution >= 4 is 22.8 Å². The monoisotopic (exact) mass is 308 g/mol. The van der Waals surface area contributed by atoms with E-state index in [4.69, 9.17) is 9.47 Å². The van der Waals surface area contributed by atoms with Crippen molar-refractivity contribution in [1.82, 2.24) is 10.2 Å². The molecule has 0 unspecified atom stereocenters. The van der Waals surface area contributed by atoms with Crippen LogP contribution in [0.2, 0.25) is 0 Å². The lowest BCUT2D eigenvalue weighted by Gasteiger charge is -2.07. The van der Waals surface area contributed by atoms with E-state index in [1.165, 1.54) is 0 Å². The Morgan fingerprint density at radius 2 is 1.96 bits per heavy atom. The molecule has 0 atom stereocenters. The number of nitrogens with zero attached hydrogens (tertiary/aromatic N) is 3. The Balaban J connectivity index is 1.86. The van der Waals surface area contributed by atoms with Crippen LogP contribution in [0.25, 0.3) is 10.8 Å². The lowest BCUT2D eigenvalue weighted by atomic mass is 10.2. The van der Waals surface area contributed by atoms with Gasteiger partial charge in [-0.2, -0.15) is 10.2 Å². The minimum absolute atomic E-state index is 0.598. The first kappa shape index (κ1) is 14.8. The average molecular weight is 308 g/mol. The van der Waals surface area contributed by atoms with Gasteiger partial charge in [0.05, 0.1) is 26.6 Å². The third-order valence-corrected chi connectivity index (χ3v) is 3.38. The van der Waals surface area contributed by atoms with Crippen LogP contribution in [0.3, 0.4) is 0 Å². The van der Waals surface area contributed by atoms with Gasteiger partial charge in [-0.3, -0.25) is 5.43 Å². The summed E-state index contributed by atoms with van der Waals surface area (Å²) >= 11 is 0. The van der Waals surface area contributed by atoms with E-state index in [0.29, 0.717) is 11.6 Å². The normalized spacial score (nSPS) is 10.9. The molecule has 1 aromatic heterocycles. The summed E-state index contributed by atoms with van der Waals surface area (Å²) in [5.74, 6) is 2.04. The van der Waals surface area contributed by atoms with E-state index < -0.39 is 0 Å². The van der Waals surface area contributed by atoms with Gasteiger partial charge >= 0.3 is 0 Å². The SMILES string of the molecule is COc1ccc(OC)c(C=NNc2nncc3ccccc23)c1. The van der Waals surface area contributed by atoms with Gasteiger partial charge in [-0.15, -0.1) is 5.10 Å². The number of aromatic nitrogens is 2. The highest BCUT2D eigenvalue weighted by atomic mass is 16.5. The Labute approximate surface area is 133 Å². The Kier molecular flexibility index (Phi) is 4.33. The molecule has 1 N–H and O–H groups in total. The predicted octanol–water partition coefficient (Wildman–Crippen LogP) is 3.09. The van der Waals surface area contributed by atoms with Crippen molar-refractivity contribution in [2.75, 3.05) is 19.6 Å². The molecule has 3 rings (SSSR count). The maximum absolute atomic E-state index is 5.32. The fraction of sp³-hybridized carbons (Fsp3) is 0.118. The van der Waals surface area contributed by atoms with Crippen molar-refractivity contribution in [3.8, 4) is 11.5 Å². The number of ether oxygens (including phenoxy) is 2. The fourth-order valence-corrected chi connectivity index (χ4v) is 2.21. The summed E-state index contributed by atoms with van der Waals surface area (Å²) in [5.41, 5.74) is 3.72. The molecule has 0 saturated heterocycles. The van der Waals surface area contributed by atoms with E-state index in [-0.39, 0.29) is 0 Å². The zero-order valence-electron chi connectivity index (χ0n) is 12.9. The Bertz CT molecular complexity index is 844. The molecular weight excluding hydrogens is 292 g/mol. The minimum atomic E-state index is 0.598. The zero-order valence-corrected chi connectivity index (χ0v) is 12.9. The molecule has 0 spiro atoms. The molecule has 0 fully saturated rings. The molecule has 2 aromatic carbocycles. The van der Waals surface area contributed by atoms with E-state index in [0.717, 1.165) is 22.1 Å². The molecule has 0 aliphatic carbocycles. The quantitative estimate of drug-likeness (QED) is 0.579. The molecule has 1 heterocycles. The van der Waals surface area contributed by atoms with Crippen molar-refractivity contribution in [3.63, 3.8) is 0 Å². The lowest BCUT2D eigenvalue weighted by molar-refractivity contribution is 0.402. The third-order valence-electron chi connectivity index (χ3n) is 3.38.